The third-order valence-corrected chi connectivity index (χ3v) is 6.27. The Labute approximate surface area is 110 Å². The molecule has 3 rings (SSSR count). The van der Waals surface area contributed by atoms with Gasteiger partial charge in [-0.05, 0) is 49.4 Å². The van der Waals surface area contributed by atoms with Gasteiger partial charge in [-0.15, -0.1) is 0 Å². The average Bonchev–Trinajstić information content (AvgIpc) is 2.34. The van der Waals surface area contributed by atoms with E-state index in [0.29, 0.717) is 29.3 Å². The molecule has 0 aliphatic heterocycles. The van der Waals surface area contributed by atoms with Gasteiger partial charge in [0.25, 0.3) is 0 Å². The standard InChI is InChI=1S/C16H24O2/c1-10-3-6-14-13(15(10)18)5-4-11-9-12(17)7-8-16(11,14)2/h10-11,13-14H,3-9H2,1-2H3/t10-,11-,13+,14-,16-/m0/s1. The molecule has 100 valence electrons. The summed E-state index contributed by atoms with van der Waals surface area (Å²) in [6.07, 6.45) is 6.97. The maximum absolute atomic E-state index is 12.4. The Hall–Kier alpha value is -0.660. The van der Waals surface area contributed by atoms with Crippen molar-refractivity contribution in [3.63, 3.8) is 0 Å². The second kappa shape index (κ2) is 4.18. The van der Waals surface area contributed by atoms with Gasteiger partial charge in [0, 0.05) is 24.7 Å². The summed E-state index contributed by atoms with van der Waals surface area (Å²) in [5, 5.41) is 0. The molecule has 5 atom stereocenters. The van der Waals surface area contributed by atoms with Gasteiger partial charge < -0.3 is 0 Å². The van der Waals surface area contributed by atoms with E-state index in [1.807, 2.05) is 0 Å². The highest BCUT2D eigenvalue weighted by Crippen LogP contribution is 2.58. The van der Waals surface area contributed by atoms with Gasteiger partial charge in [-0.25, -0.2) is 0 Å². The summed E-state index contributed by atoms with van der Waals surface area (Å²) in [6, 6.07) is 0. The molecule has 0 aromatic carbocycles. The molecule has 0 aromatic rings. The lowest BCUT2D eigenvalue weighted by Gasteiger charge is -2.55. The van der Waals surface area contributed by atoms with Gasteiger partial charge in [0.05, 0.1) is 0 Å². The molecule has 0 heterocycles. The van der Waals surface area contributed by atoms with Crippen LogP contribution in [0.5, 0.6) is 0 Å². The van der Waals surface area contributed by atoms with Crippen LogP contribution in [-0.4, -0.2) is 11.6 Å². The van der Waals surface area contributed by atoms with Gasteiger partial charge in [0.2, 0.25) is 0 Å². The molecule has 3 fully saturated rings. The number of Topliss-reactive ketones (excluding diaryl/α,β-unsaturated/α-hetero) is 2. The molecule has 18 heavy (non-hydrogen) atoms. The molecule has 0 unspecified atom stereocenters. The van der Waals surface area contributed by atoms with Gasteiger partial charge in [-0.3, -0.25) is 9.59 Å². The molecule has 3 saturated carbocycles. The zero-order valence-electron chi connectivity index (χ0n) is 11.6. The Morgan fingerprint density at radius 3 is 2.67 bits per heavy atom. The molecular weight excluding hydrogens is 224 g/mol. The predicted molar refractivity (Wildman–Crippen MR) is 70.1 cm³/mol. The quantitative estimate of drug-likeness (QED) is 0.658. The van der Waals surface area contributed by atoms with E-state index in [2.05, 4.69) is 13.8 Å². The summed E-state index contributed by atoms with van der Waals surface area (Å²) in [5.74, 6) is 2.67. The lowest BCUT2D eigenvalue weighted by molar-refractivity contribution is -0.145. The van der Waals surface area contributed by atoms with Crippen LogP contribution in [0, 0.1) is 29.1 Å². The molecule has 0 saturated heterocycles. The number of ketones is 2. The van der Waals surface area contributed by atoms with E-state index < -0.39 is 0 Å². The third-order valence-electron chi connectivity index (χ3n) is 6.27. The van der Waals surface area contributed by atoms with Crippen molar-refractivity contribution in [3.8, 4) is 0 Å². The second-order valence-corrected chi connectivity index (χ2v) is 7.12. The third kappa shape index (κ3) is 1.68. The number of rotatable bonds is 0. The lowest BCUT2D eigenvalue weighted by atomic mass is 9.49. The summed E-state index contributed by atoms with van der Waals surface area (Å²) in [7, 11) is 0. The van der Waals surface area contributed by atoms with E-state index in [9.17, 15) is 9.59 Å². The van der Waals surface area contributed by atoms with Gasteiger partial charge >= 0.3 is 0 Å². The highest BCUT2D eigenvalue weighted by molar-refractivity contribution is 5.85. The Morgan fingerprint density at radius 1 is 1.11 bits per heavy atom. The van der Waals surface area contributed by atoms with E-state index in [-0.39, 0.29) is 11.3 Å². The minimum atomic E-state index is 0.270. The lowest BCUT2D eigenvalue weighted by Crippen LogP contribution is -2.51. The number of hydrogen-bond donors (Lipinski definition) is 0. The minimum Gasteiger partial charge on any atom is -0.300 e. The van der Waals surface area contributed by atoms with Crippen molar-refractivity contribution in [2.24, 2.45) is 29.1 Å². The SMILES string of the molecule is C[C@H]1CC[C@H]2[C@@H](CC[C@H]3CC(=O)CC[C@@]32C)C1=O. The van der Waals surface area contributed by atoms with Crippen LogP contribution in [0.15, 0.2) is 0 Å². The average molecular weight is 248 g/mol. The number of carbonyl (C=O) groups excluding carboxylic acids is 2. The van der Waals surface area contributed by atoms with E-state index >= 15 is 0 Å². The molecule has 2 nitrogen and oxygen atoms in total. The summed E-state index contributed by atoms with van der Waals surface area (Å²) in [4.78, 5) is 24.0. The second-order valence-electron chi connectivity index (χ2n) is 7.12. The van der Waals surface area contributed by atoms with Crippen molar-refractivity contribution in [3.05, 3.63) is 0 Å². The maximum Gasteiger partial charge on any atom is 0.139 e. The van der Waals surface area contributed by atoms with Gasteiger partial charge in [0.1, 0.15) is 11.6 Å². The molecule has 0 radical (unpaired) electrons. The number of carbonyl (C=O) groups is 2. The van der Waals surface area contributed by atoms with E-state index in [0.717, 1.165) is 38.5 Å². The zero-order chi connectivity index (χ0) is 12.9. The first-order chi connectivity index (χ1) is 8.52. The normalized spacial score (nSPS) is 48.6. The van der Waals surface area contributed by atoms with Crippen LogP contribution in [-0.2, 0) is 9.59 Å². The van der Waals surface area contributed by atoms with Crippen molar-refractivity contribution >= 4 is 11.6 Å². The first-order valence-corrected chi connectivity index (χ1v) is 7.58. The molecule has 0 N–H and O–H groups in total. The van der Waals surface area contributed by atoms with Crippen LogP contribution in [0.1, 0.15) is 58.8 Å². The largest absolute Gasteiger partial charge is 0.300 e. The minimum absolute atomic E-state index is 0.270. The van der Waals surface area contributed by atoms with Crippen molar-refractivity contribution < 1.29 is 9.59 Å². The monoisotopic (exact) mass is 248 g/mol. The van der Waals surface area contributed by atoms with Gasteiger partial charge in [-0.1, -0.05) is 13.8 Å². The summed E-state index contributed by atoms with van der Waals surface area (Å²) in [5.41, 5.74) is 0.270. The fourth-order valence-electron chi connectivity index (χ4n) is 4.99. The Morgan fingerprint density at radius 2 is 1.89 bits per heavy atom. The number of hydrogen-bond acceptors (Lipinski definition) is 2. The van der Waals surface area contributed by atoms with E-state index in [1.54, 1.807) is 0 Å². The molecular formula is C16H24O2. The van der Waals surface area contributed by atoms with Crippen LogP contribution in [0.25, 0.3) is 0 Å². The number of fused-ring (bicyclic) bond motifs is 3. The molecule has 3 aliphatic rings. The molecule has 0 bridgehead atoms. The van der Waals surface area contributed by atoms with Crippen molar-refractivity contribution in [1.82, 2.24) is 0 Å². The van der Waals surface area contributed by atoms with Crippen molar-refractivity contribution in [2.75, 3.05) is 0 Å². The molecule has 0 spiro atoms. The first kappa shape index (κ1) is 12.4. The van der Waals surface area contributed by atoms with Gasteiger partial charge in [0.15, 0.2) is 0 Å². The molecule has 3 aliphatic carbocycles. The first-order valence-electron chi connectivity index (χ1n) is 7.58. The predicted octanol–water partition coefficient (Wildman–Crippen LogP) is 3.39. The fourth-order valence-corrected chi connectivity index (χ4v) is 4.99. The summed E-state index contributed by atoms with van der Waals surface area (Å²) in [6.45, 7) is 4.46. The van der Waals surface area contributed by atoms with Crippen molar-refractivity contribution in [2.45, 2.75) is 58.8 Å². The zero-order valence-corrected chi connectivity index (χ0v) is 11.6. The van der Waals surface area contributed by atoms with Crippen LogP contribution in [0.2, 0.25) is 0 Å². The highest BCUT2D eigenvalue weighted by Gasteiger charge is 2.53. The van der Waals surface area contributed by atoms with Crippen LogP contribution in [0.3, 0.4) is 0 Å². The van der Waals surface area contributed by atoms with Crippen molar-refractivity contribution in [1.29, 1.82) is 0 Å². The Balaban J connectivity index is 1.88. The summed E-state index contributed by atoms with van der Waals surface area (Å²) >= 11 is 0. The fraction of sp³-hybridized carbons (Fsp3) is 0.875. The van der Waals surface area contributed by atoms with Gasteiger partial charge in [-0.2, -0.15) is 0 Å². The topological polar surface area (TPSA) is 34.1 Å². The van der Waals surface area contributed by atoms with Crippen LogP contribution < -0.4 is 0 Å². The van der Waals surface area contributed by atoms with Crippen LogP contribution >= 0.6 is 0 Å². The smallest absolute Gasteiger partial charge is 0.139 e. The summed E-state index contributed by atoms with van der Waals surface area (Å²) < 4.78 is 0. The van der Waals surface area contributed by atoms with E-state index in [1.165, 1.54) is 6.42 Å². The van der Waals surface area contributed by atoms with Crippen LogP contribution in [0.4, 0.5) is 0 Å². The Bertz CT molecular complexity index is 387. The molecule has 0 amide bonds. The Kier molecular flexibility index (Phi) is 2.87. The van der Waals surface area contributed by atoms with E-state index in [4.69, 9.17) is 0 Å². The maximum atomic E-state index is 12.4. The molecule has 2 heteroatoms. The highest BCUT2D eigenvalue weighted by atomic mass is 16.1. The molecule has 0 aromatic heterocycles.